The molecule has 2 nitrogen and oxygen atoms in total. The van der Waals surface area contributed by atoms with Crippen molar-refractivity contribution in [3.05, 3.63) is 0 Å². The summed E-state index contributed by atoms with van der Waals surface area (Å²) in [7, 11) is 1.75. The van der Waals surface area contributed by atoms with E-state index in [2.05, 4.69) is 12.2 Å². The fraction of sp³-hybridized carbons (Fsp3) is 1.00. The second kappa shape index (κ2) is 3.18. The van der Waals surface area contributed by atoms with Crippen LogP contribution in [0.2, 0.25) is 0 Å². The Bertz CT molecular complexity index is 83.0. The molecule has 1 heterocycles. The van der Waals surface area contributed by atoms with E-state index in [0.717, 1.165) is 19.1 Å². The van der Waals surface area contributed by atoms with Gasteiger partial charge in [-0.2, -0.15) is 0 Å². The van der Waals surface area contributed by atoms with Gasteiger partial charge in [0, 0.05) is 13.2 Å². The molecule has 0 aromatic carbocycles. The lowest BCUT2D eigenvalue weighted by atomic mass is 10.1. The van der Waals surface area contributed by atoms with Crippen LogP contribution in [-0.2, 0) is 4.74 Å². The summed E-state index contributed by atoms with van der Waals surface area (Å²) in [6, 6.07) is 0.616. The van der Waals surface area contributed by atoms with Gasteiger partial charge in [-0.05, 0) is 18.9 Å². The van der Waals surface area contributed by atoms with Gasteiger partial charge in [-0.1, -0.05) is 6.92 Å². The van der Waals surface area contributed by atoms with Crippen LogP contribution >= 0.6 is 0 Å². The number of methoxy groups -OCH3 is 1. The monoisotopic (exact) mass is 129 g/mol. The third-order valence-corrected chi connectivity index (χ3v) is 1.81. The predicted molar refractivity (Wildman–Crippen MR) is 37.4 cm³/mol. The van der Waals surface area contributed by atoms with E-state index in [1.165, 1.54) is 6.42 Å². The Labute approximate surface area is 56.6 Å². The Balaban J connectivity index is 2.14. The molecule has 0 aliphatic carbocycles. The predicted octanol–water partition coefficient (Wildman–Crippen LogP) is 0.631. The molecule has 2 unspecified atom stereocenters. The normalized spacial score (nSPS) is 35.3. The van der Waals surface area contributed by atoms with Gasteiger partial charge in [0.2, 0.25) is 0 Å². The van der Waals surface area contributed by atoms with Crippen LogP contribution in [0.1, 0.15) is 13.3 Å². The Hall–Kier alpha value is -0.0800. The van der Waals surface area contributed by atoms with Crippen molar-refractivity contribution >= 4 is 0 Å². The third kappa shape index (κ3) is 1.95. The molecule has 1 rings (SSSR count). The van der Waals surface area contributed by atoms with Crippen molar-refractivity contribution in [2.45, 2.75) is 19.4 Å². The first-order valence-corrected chi connectivity index (χ1v) is 3.55. The molecular weight excluding hydrogens is 114 g/mol. The molecule has 1 N–H and O–H groups in total. The van der Waals surface area contributed by atoms with E-state index in [9.17, 15) is 0 Å². The molecule has 0 amide bonds. The summed E-state index contributed by atoms with van der Waals surface area (Å²) in [5.41, 5.74) is 0. The van der Waals surface area contributed by atoms with Crippen molar-refractivity contribution < 1.29 is 4.74 Å². The SMILES string of the molecule is COCC1CC(C)CN1. The summed E-state index contributed by atoms with van der Waals surface area (Å²) in [5, 5.41) is 3.38. The number of hydrogen-bond donors (Lipinski definition) is 1. The fourth-order valence-corrected chi connectivity index (χ4v) is 1.35. The van der Waals surface area contributed by atoms with Crippen molar-refractivity contribution in [2.24, 2.45) is 5.92 Å². The van der Waals surface area contributed by atoms with Crippen LogP contribution < -0.4 is 5.32 Å². The maximum atomic E-state index is 5.01. The van der Waals surface area contributed by atoms with Gasteiger partial charge in [-0.25, -0.2) is 0 Å². The highest BCUT2D eigenvalue weighted by atomic mass is 16.5. The Morgan fingerprint density at radius 3 is 2.89 bits per heavy atom. The van der Waals surface area contributed by atoms with Crippen molar-refractivity contribution in [3.63, 3.8) is 0 Å². The van der Waals surface area contributed by atoms with Gasteiger partial charge in [0.25, 0.3) is 0 Å². The van der Waals surface area contributed by atoms with E-state index >= 15 is 0 Å². The molecular formula is C7H15NO. The quantitative estimate of drug-likeness (QED) is 0.590. The molecule has 1 fully saturated rings. The molecule has 0 spiro atoms. The molecule has 1 aliphatic heterocycles. The van der Waals surface area contributed by atoms with Crippen LogP contribution in [0, 0.1) is 5.92 Å². The molecule has 0 aromatic heterocycles. The minimum atomic E-state index is 0.616. The molecule has 2 atom stereocenters. The lowest BCUT2D eigenvalue weighted by Gasteiger charge is -2.06. The van der Waals surface area contributed by atoms with Gasteiger partial charge >= 0.3 is 0 Å². The summed E-state index contributed by atoms with van der Waals surface area (Å²) in [6.45, 7) is 4.29. The van der Waals surface area contributed by atoms with E-state index in [0.29, 0.717) is 6.04 Å². The molecule has 0 aromatic rings. The van der Waals surface area contributed by atoms with Gasteiger partial charge in [0.1, 0.15) is 0 Å². The molecule has 1 saturated heterocycles. The maximum Gasteiger partial charge on any atom is 0.0615 e. The van der Waals surface area contributed by atoms with Gasteiger partial charge in [0.15, 0.2) is 0 Å². The molecule has 0 radical (unpaired) electrons. The van der Waals surface area contributed by atoms with Crippen LogP contribution in [0.4, 0.5) is 0 Å². The first kappa shape index (κ1) is 7.03. The Kier molecular flexibility index (Phi) is 2.49. The average Bonchev–Trinajstić information content (AvgIpc) is 2.17. The summed E-state index contributed by atoms with van der Waals surface area (Å²) in [6.07, 6.45) is 1.27. The fourth-order valence-electron chi connectivity index (χ4n) is 1.35. The minimum absolute atomic E-state index is 0.616. The van der Waals surface area contributed by atoms with Crippen LogP contribution in [0.3, 0.4) is 0 Å². The lowest BCUT2D eigenvalue weighted by Crippen LogP contribution is -2.25. The van der Waals surface area contributed by atoms with Gasteiger partial charge in [0.05, 0.1) is 6.61 Å². The zero-order valence-corrected chi connectivity index (χ0v) is 6.18. The molecule has 0 bridgehead atoms. The summed E-state index contributed by atoms with van der Waals surface area (Å²) in [4.78, 5) is 0. The Morgan fingerprint density at radius 2 is 2.44 bits per heavy atom. The van der Waals surface area contributed by atoms with E-state index < -0.39 is 0 Å². The second-order valence-electron chi connectivity index (χ2n) is 2.90. The third-order valence-electron chi connectivity index (χ3n) is 1.81. The zero-order chi connectivity index (χ0) is 6.69. The topological polar surface area (TPSA) is 21.3 Å². The Morgan fingerprint density at radius 1 is 1.67 bits per heavy atom. The van der Waals surface area contributed by atoms with Crippen LogP contribution in [0.25, 0.3) is 0 Å². The van der Waals surface area contributed by atoms with Gasteiger partial charge < -0.3 is 10.1 Å². The molecule has 2 heteroatoms. The zero-order valence-electron chi connectivity index (χ0n) is 6.18. The van der Waals surface area contributed by atoms with E-state index in [4.69, 9.17) is 4.74 Å². The molecule has 9 heavy (non-hydrogen) atoms. The highest BCUT2D eigenvalue weighted by molar-refractivity contribution is 4.78. The van der Waals surface area contributed by atoms with Gasteiger partial charge in [-0.15, -0.1) is 0 Å². The second-order valence-corrected chi connectivity index (χ2v) is 2.90. The number of rotatable bonds is 2. The summed E-state index contributed by atoms with van der Waals surface area (Å²) < 4.78 is 5.01. The van der Waals surface area contributed by atoms with E-state index in [1.807, 2.05) is 0 Å². The van der Waals surface area contributed by atoms with Crippen LogP contribution in [-0.4, -0.2) is 26.3 Å². The van der Waals surface area contributed by atoms with Crippen molar-refractivity contribution in [2.75, 3.05) is 20.3 Å². The highest BCUT2D eigenvalue weighted by Gasteiger charge is 2.19. The van der Waals surface area contributed by atoms with Gasteiger partial charge in [-0.3, -0.25) is 0 Å². The lowest BCUT2D eigenvalue weighted by molar-refractivity contribution is 0.172. The number of ether oxygens (including phenoxy) is 1. The van der Waals surface area contributed by atoms with Crippen molar-refractivity contribution in [1.29, 1.82) is 0 Å². The van der Waals surface area contributed by atoms with Crippen LogP contribution in [0.5, 0.6) is 0 Å². The van der Waals surface area contributed by atoms with E-state index in [-0.39, 0.29) is 0 Å². The standard InChI is InChI=1S/C7H15NO/c1-6-3-7(5-9-2)8-4-6/h6-8H,3-5H2,1-2H3. The van der Waals surface area contributed by atoms with Crippen molar-refractivity contribution in [3.8, 4) is 0 Å². The number of hydrogen-bond acceptors (Lipinski definition) is 2. The van der Waals surface area contributed by atoms with Crippen molar-refractivity contribution in [1.82, 2.24) is 5.32 Å². The van der Waals surface area contributed by atoms with Crippen LogP contribution in [0.15, 0.2) is 0 Å². The van der Waals surface area contributed by atoms with E-state index in [1.54, 1.807) is 7.11 Å². The molecule has 0 saturated carbocycles. The first-order chi connectivity index (χ1) is 4.33. The molecule has 54 valence electrons. The highest BCUT2D eigenvalue weighted by Crippen LogP contribution is 2.11. The average molecular weight is 129 g/mol. The smallest absolute Gasteiger partial charge is 0.0615 e. The summed E-state index contributed by atoms with van der Waals surface area (Å²) >= 11 is 0. The number of nitrogens with one attached hydrogen (secondary N) is 1. The largest absolute Gasteiger partial charge is 0.383 e. The molecule has 1 aliphatic rings. The minimum Gasteiger partial charge on any atom is -0.383 e. The first-order valence-electron chi connectivity index (χ1n) is 3.55. The summed E-state index contributed by atoms with van der Waals surface area (Å²) in [5.74, 6) is 0.838. The maximum absolute atomic E-state index is 5.01.